The van der Waals surface area contributed by atoms with Crippen molar-refractivity contribution in [3.8, 4) is 0 Å². The highest BCUT2D eigenvalue weighted by Gasteiger charge is 2.41. The Hall–Kier alpha value is -0.620. The van der Waals surface area contributed by atoms with Crippen molar-refractivity contribution in [3.63, 3.8) is 0 Å². The van der Waals surface area contributed by atoms with Gasteiger partial charge in [-0.25, -0.2) is 0 Å². The Morgan fingerprint density at radius 2 is 1.45 bits per heavy atom. The quantitative estimate of drug-likeness (QED) is 0.638. The molecule has 0 bridgehead atoms. The molecule has 0 aliphatic heterocycles. The molecule has 2 rings (SSSR count). The van der Waals surface area contributed by atoms with Crippen LogP contribution in [-0.4, -0.2) is 30.3 Å². The SMILES string of the molecule is O=C(OC1CCCCC1)C(C1CCCCC1)S(=O)(=O)O. The summed E-state index contributed by atoms with van der Waals surface area (Å²) < 4.78 is 37.9. The molecule has 6 heteroatoms. The number of esters is 1. The van der Waals surface area contributed by atoms with Gasteiger partial charge in [-0.2, -0.15) is 8.42 Å². The second-order valence-electron chi connectivity index (χ2n) is 6.03. The van der Waals surface area contributed by atoms with Crippen molar-refractivity contribution in [2.45, 2.75) is 75.6 Å². The third-order valence-corrected chi connectivity index (χ3v) is 5.69. The van der Waals surface area contributed by atoms with E-state index in [1.54, 1.807) is 0 Å². The molecule has 0 aromatic rings. The summed E-state index contributed by atoms with van der Waals surface area (Å²) in [5.74, 6) is -1.04. The van der Waals surface area contributed by atoms with Crippen LogP contribution >= 0.6 is 0 Å². The minimum Gasteiger partial charge on any atom is -0.461 e. The lowest BCUT2D eigenvalue weighted by atomic mass is 9.86. The summed E-state index contributed by atoms with van der Waals surface area (Å²) in [4.78, 5) is 12.2. The second kappa shape index (κ2) is 6.89. The van der Waals surface area contributed by atoms with E-state index in [9.17, 15) is 17.8 Å². The molecule has 2 aliphatic rings. The largest absolute Gasteiger partial charge is 0.461 e. The predicted molar refractivity (Wildman–Crippen MR) is 74.9 cm³/mol. The van der Waals surface area contributed by atoms with Crippen LogP contribution in [0.5, 0.6) is 0 Å². The lowest BCUT2D eigenvalue weighted by Gasteiger charge is -2.29. The number of hydrogen-bond donors (Lipinski definition) is 1. The first kappa shape index (κ1) is 15.8. The van der Waals surface area contributed by atoms with Crippen molar-refractivity contribution in [2.75, 3.05) is 0 Å². The normalized spacial score (nSPS) is 24.2. The zero-order valence-electron chi connectivity index (χ0n) is 11.8. The average molecular weight is 304 g/mol. The van der Waals surface area contributed by atoms with Gasteiger partial charge in [0.25, 0.3) is 10.1 Å². The molecule has 0 aromatic heterocycles. The summed E-state index contributed by atoms with van der Waals surface area (Å²) >= 11 is 0. The van der Waals surface area contributed by atoms with Crippen LogP contribution in [0.15, 0.2) is 0 Å². The first-order valence-electron chi connectivity index (χ1n) is 7.65. The fourth-order valence-electron chi connectivity index (χ4n) is 3.41. The van der Waals surface area contributed by atoms with Crippen molar-refractivity contribution in [3.05, 3.63) is 0 Å². The lowest BCUT2D eigenvalue weighted by molar-refractivity contribution is -0.151. The Kier molecular flexibility index (Phi) is 5.43. The Labute approximate surface area is 120 Å². The minimum atomic E-state index is -4.39. The maximum absolute atomic E-state index is 12.2. The smallest absolute Gasteiger partial charge is 0.327 e. The van der Waals surface area contributed by atoms with Gasteiger partial charge < -0.3 is 4.74 Å². The molecule has 0 aromatic carbocycles. The van der Waals surface area contributed by atoms with Gasteiger partial charge >= 0.3 is 5.97 Å². The van der Waals surface area contributed by atoms with Crippen molar-refractivity contribution in [1.82, 2.24) is 0 Å². The van der Waals surface area contributed by atoms with E-state index in [-0.39, 0.29) is 12.0 Å². The first-order chi connectivity index (χ1) is 9.48. The minimum absolute atomic E-state index is 0.177. The topological polar surface area (TPSA) is 80.7 Å². The van der Waals surface area contributed by atoms with Crippen molar-refractivity contribution in [1.29, 1.82) is 0 Å². The van der Waals surface area contributed by atoms with Gasteiger partial charge in [0.1, 0.15) is 6.10 Å². The molecule has 0 heterocycles. The summed E-state index contributed by atoms with van der Waals surface area (Å²) in [5, 5.41) is -1.38. The number of carbonyl (C=O) groups excluding carboxylic acids is 1. The molecule has 1 N–H and O–H groups in total. The van der Waals surface area contributed by atoms with Crippen molar-refractivity contribution >= 4 is 16.1 Å². The van der Waals surface area contributed by atoms with E-state index < -0.39 is 21.3 Å². The third-order valence-electron chi connectivity index (χ3n) is 4.47. The van der Waals surface area contributed by atoms with E-state index in [2.05, 4.69) is 0 Å². The maximum Gasteiger partial charge on any atom is 0.327 e. The van der Waals surface area contributed by atoms with Crippen LogP contribution in [0.1, 0.15) is 64.2 Å². The van der Waals surface area contributed by atoms with Crippen LogP contribution in [-0.2, 0) is 19.6 Å². The van der Waals surface area contributed by atoms with Gasteiger partial charge in [0, 0.05) is 0 Å². The van der Waals surface area contributed by atoms with Crippen LogP contribution in [0.2, 0.25) is 0 Å². The van der Waals surface area contributed by atoms with E-state index in [4.69, 9.17) is 4.74 Å². The Morgan fingerprint density at radius 3 is 1.95 bits per heavy atom. The van der Waals surface area contributed by atoms with Gasteiger partial charge in [-0.3, -0.25) is 9.35 Å². The zero-order chi connectivity index (χ0) is 14.6. The van der Waals surface area contributed by atoms with Crippen LogP contribution in [0.3, 0.4) is 0 Å². The fourth-order valence-corrected chi connectivity index (χ4v) is 4.47. The summed E-state index contributed by atoms with van der Waals surface area (Å²) in [6.07, 6.45) is 8.81. The highest BCUT2D eigenvalue weighted by molar-refractivity contribution is 7.87. The van der Waals surface area contributed by atoms with E-state index in [0.29, 0.717) is 12.8 Å². The van der Waals surface area contributed by atoms with Crippen LogP contribution in [0, 0.1) is 5.92 Å². The predicted octanol–water partition coefficient (Wildman–Crippen LogP) is 2.70. The van der Waals surface area contributed by atoms with Gasteiger partial charge in [-0.05, 0) is 44.4 Å². The van der Waals surface area contributed by atoms with Gasteiger partial charge in [0.15, 0.2) is 5.25 Å². The highest BCUT2D eigenvalue weighted by Crippen LogP contribution is 2.31. The Bertz CT molecular complexity index is 419. The van der Waals surface area contributed by atoms with Crippen LogP contribution < -0.4 is 0 Å². The fraction of sp³-hybridized carbons (Fsp3) is 0.929. The molecule has 2 aliphatic carbocycles. The van der Waals surface area contributed by atoms with Crippen molar-refractivity contribution < 1.29 is 22.5 Å². The van der Waals surface area contributed by atoms with E-state index in [1.165, 1.54) is 0 Å². The van der Waals surface area contributed by atoms with Gasteiger partial charge in [-0.1, -0.05) is 25.7 Å². The Morgan fingerprint density at radius 1 is 0.950 bits per heavy atom. The molecule has 1 atom stereocenters. The zero-order valence-corrected chi connectivity index (χ0v) is 12.6. The van der Waals surface area contributed by atoms with Gasteiger partial charge in [-0.15, -0.1) is 0 Å². The maximum atomic E-state index is 12.2. The summed E-state index contributed by atoms with van der Waals surface area (Å²) in [7, 11) is -4.39. The molecule has 0 spiro atoms. The molecule has 20 heavy (non-hydrogen) atoms. The van der Waals surface area contributed by atoms with Crippen LogP contribution in [0.4, 0.5) is 0 Å². The van der Waals surface area contributed by atoms with Crippen LogP contribution in [0.25, 0.3) is 0 Å². The molecular weight excluding hydrogens is 280 g/mol. The monoisotopic (exact) mass is 304 g/mol. The van der Waals surface area contributed by atoms with Gasteiger partial charge in [0.2, 0.25) is 0 Å². The van der Waals surface area contributed by atoms with E-state index in [0.717, 1.165) is 51.4 Å². The summed E-state index contributed by atoms with van der Waals surface area (Å²) in [5.41, 5.74) is 0. The number of ether oxygens (including phenoxy) is 1. The Balaban J connectivity index is 2.03. The summed E-state index contributed by atoms with van der Waals surface area (Å²) in [6, 6.07) is 0. The van der Waals surface area contributed by atoms with E-state index >= 15 is 0 Å². The standard InChI is InChI=1S/C14H24O5S/c15-14(19-12-9-5-2-6-10-12)13(20(16,17)18)11-7-3-1-4-8-11/h11-13H,1-10H2,(H,16,17,18). The van der Waals surface area contributed by atoms with Crippen molar-refractivity contribution in [2.24, 2.45) is 5.92 Å². The molecule has 2 saturated carbocycles. The number of hydrogen-bond acceptors (Lipinski definition) is 4. The van der Waals surface area contributed by atoms with Gasteiger partial charge in [0.05, 0.1) is 0 Å². The molecular formula is C14H24O5S. The lowest BCUT2D eigenvalue weighted by Crippen LogP contribution is -2.41. The average Bonchev–Trinajstić information content (AvgIpc) is 2.39. The second-order valence-corrected chi connectivity index (χ2v) is 7.57. The molecule has 2 fully saturated rings. The van der Waals surface area contributed by atoms with E-state index in [1.807, 2.05) is 0 Å². The molecule has 5 nitrogen and oxygen atoms in total. The highest BCUT2D eigenvalue weighted by atomic mass is 32.2. The number of rotatable bonds is 4. The molecule has 1 unspecified atom stereocenters. The molecule has 0 radical (unpaired) electrons. The molecule has 0 amide bonds. The molecule has 0 saturated heterocycles. The first-order valence-corrected chi connectivity index (χ1v) is 9.15. The molecule has 116 valence electrons. The summed E-state index contributed by atoms with van der Waals surface area (Å²) in [6.45, 7) is 0. The third kappa shape index (κ3) is 4.19. The number of carbonyl (C=O) groups is 1.